The number of hydrogen-bond acceptors (Lipinski definition) is 8. The summed E-state index contributed by atoms with van der Waals surface area (Å²) in [6, 6.07) is 13.0. The highest BCUT2D eigenvalue weighted by atomic mass is 35.5. The van der Waals surface area contributed by atoms with Crippen molar-refractivity contribution in [1.29, 1.82) is 0 Å². The van der Waals surface area contributed by atoms with Gasteiger partial charge in [0.1, 0.15) is 29.8 Å². The molecule has 0 aliphatic carbocycles. The molecule has 12 heteroatoms. The Balaban J connectivity index is 1.70. The molecule has 2 aliphatic heterocycles. The zero-order valence-corrected chi connectivity index (χ0v) is 25.2. The Morgan fingerprint density at radius 3 is 2.57 bits per heavy atom. The van der Waals surface area contributed by atoms with Crippen LogP contribution in [-0.4, -0.2) is 69.5 Å². The Morgan fingerprint density at radius 1 is 1.17 bits per heavy atom. The number of urea groups is 1. The predicted octanol–water partition coefficient (Wildman–Crippen LogP) is 4.60. The summed E-state index contributed by atoms with van der Waals surface area (Å²) >= 11 is 7.55. The van der Waals surface area contributed by atoms with Crippen molar-refractivity contribution in [2.45, 2.75) is 44.9 Å². The van der Waals surface area contributed by atoms with Crippen molar-refractivity contribution in [3.8, 4) is 5.75 Å². The molecular formula is C30H33ClN6O4S. The molecule has 42 heavy (non-hydrogen) atoms. The Labute approximate surface area is 253 Å². The number of carbonyl (C=O) groups excluding carboxylic acids is 3. The number of aliphatic imine (C=N–C) groups is 1. The number of ether oxygens (including phenoxy) is 1. The topological polar surface area (TPSA) is 130 Å². The van der Waals surface area contributed by atoms with E-state index in [0.717, 1.165) is 10.4 Å². The molecule has 0 saturated carbocycles. The molecule has 2 atom stereocenters. The van der Waals surface area contributed by atoms with E-state index in [0.29, 0.717) is 40.8 Å². The summed E-state index contributed by atoms with van der Waals surface area (Å²) in [5, 5.41) is 3.35. The number of ketones is 1. The zero-order chi connectivity index (χ0) is 30.0. The number of halogens is 1. The van der Waals surface area contributed by atoms with Gasteiger partial charge in [0.2, 0.25) is 5.91 Å². The second-order valence-corrected chi connectivity index (χ2v) is 12.4. The number of rotatable bonds is 7. The van der Waals surface area contributed by atoms with Gasteiger partial charge in [0.25, 0.3) is 0 Å². The fourth-order valence-electron chi connectivity index (χ4n) is 5.06. The molecule has 1 aromatic heterocycles. The van der Waals surface area contributed by atoms with Crippen LogP contribution in [0.25, 0.3) is 0 Å². The van der Waals surface area contributed by atoms with Crippen LogP contribution in [0.5, 0.6) is 5.75 Å². The second-order valence-electron chi connectivity index (χ2n) is 11.1. The molecule has 0 bridgehead atoms. The number of amidine groups is 1. The average Bonchev–Trinajstić information content (AvgIpc) is 3.61. The van der Waals surface area contributed by atoms with E-state index in [2.05, 4.69) is 9.69 Å². The fraction of sp³-hybridized carbons (Fsp3) is 0.367. The van der Waals surface area contributed by atoms with Crippen LogP contribution in [0, 0.1) is 0 Å². The van der Waals surface area contributed by atoms with Crippen LogP contribution in [0.2, 0.25) is 5.02 Å². The molecule has 3 aromatic rings. The first-order valence-electron chi connectivity index (χ1n) is 13.7. The summed E-state index contributed by atoms with van der Waals surface area (Å²) in [4.78, 5) is 48.7. The third-order valence-electron chi connectivity index (χ3n) is 6.87. The molecule has 2 unspecified atom stereocenters. The highest BCUT2D eigenvalue weighted by Gasteiger charge is 2.45. The maximum Gasteiger partial charge on any atom is 0.326 e. The SMILES string of the molecule is CC(C)(C)Oc1cc(C(=O)CCN)ccc1C1=NC(c2ccns2)C(c2ccc(Cl)cc2)N1C(=O)N1CCNC(=O)C1. The molecule has 0 spiro atoms. The van der Waals surface area contributed by atoms with Gasteiger partial charge in [0.05, 0.1) is 16.5 Å². The minimum Gasteiger partial charge on any atom is -0.487 e. The lowest BCUT2D eigenvalue weighted by Crippen LogP contribution is -2.55. The lowest BCUT2D eigenvalue weighted by molar-refractivity contribution is -0.123. The van der Waals surface area contributed by atoms with Gasteiger partial charge < -0.3 is 20.7 Å². The monoisotopic (exact) mass is 608 g/mol. The van der Waals surface area contributed by atoms with Gasteiger partial charge >= 0.3 is 6.03 Å². The van der Waals surface area contributed by atoms with Gasteiger partial charge in [-0.1, -0.05) is 29.8 Å². The normalized spacial score (nSPS) is 19.0. The minimum atomic E-state index is -0.615. The van der Waals surface area contributed by atoms with Gasteiger partial charge in [-0.15, -0.1) is 0 Å². The number of hydrogen-bond donors (Lipinski definition) is 2. The van der Waals surface area contributed by atoms with Crippen molar-refractivity contribution >= 4 is 46.7 Å². The van der Waals surface area contributed by atoms with E-state index in [1.54, 1.807) is 41.4 Å². The number of benzene rings is 2. The quantitative estimate of drug-likeness (QED) is 0.377. The van der Waals surface area contributed by atoms with Crippen molar-refractivity contribution in [2.24, 2.45) is 10.7 Å². The number of nitrogens with one attached hydrogen (secondary N) is 1. The highest BCUT2D eigenvalue weighted by molar-refractivity contribution is 7.05. The zero-order valence-electron chi connectivity index (χ0n) is 23.7. The smallest absolute Gasteiger partial charge is 0.326 e. The van der Waals surface area contributed by atoms with Gasteiger partial charge in [-0.3, -0.25) is 19.5 Å². The first-order valence-corrected chi connectivity index (χ1v) is 14.9. The van der Waals surface area contributed by atoms with Gasteiger partial charge in [-0.25, -0.2) is 9.17 Å². The Hall–Kier alpha value is -3.80. The molecule has 2 aliphatic rings. The number of amides is 3. The minimum absolute atomic E-state index is 0.0704. The Morgan fingerprint density at radius 2 is 1.93 bits per heavy atom. The molecule has 1 saturated heterocycles. The van der Waals surface area contributed by atoms with E-state index >= 15 is 0 Å². The van der Waals surface area contributed by atoms with Crippen LogP contribution in [0.4, 0.5) is 4.79 Å². The van der Waals surface area contributed by atoms with Crippen LogP contribution in [0.3, 0.4) is 0 Å². The van der Waals surface area contributed by atoms with Crippen molar-refractivity contribution in [3.05, 3.63) is 81.3 Å². The summed E-state index contributed by atoms with van der Waals surface area (Å²) in [6.45, 7) is 6.59. The molecule has 220 valence electrons. The van der Waals surface area contributed by atoms with E-state index in [9.17, 15) is 14.4 Å². The highest BCUT2D eigenvalue weighted by Crippen LogP contribution is 2.46. The van der Waals surface area contributed by atoms with Crippen LogP contribution in [0.15, 0.2) is 59.7 Å². The van der Waals surface area contributed by atoms with Crippen LogP contribution in [-0.2, 0) is 4.79 Å². The van der Waals surface area contributed by atoms with Crippen molar-refractivity contribution in [2.75, 3.05) is 26.2 Å². The molecule has 10 nitrogen and oxygen atoms in total. The fourth-order valence-corrected chi connectivity index (χ4v) is 5.84. The first-order chi connectivity index (χ1) is 20.1. The molecule has 3 N–H and O–H groups in total. The van der Waals surface area contributed by atoms with Gasteiger partial charge in [-0.05, 0) is 74.7 Å². The number of piperazine rings is 1. The molecule has 3 heterocycles. The summed E-state index contributed by atoms with van der Waals surface area (Å²) in [7, 11) is 0. The molecule has 3 amide bonds. The molecular weight excluding hydrogens is 576 g/mol. The number of Topliss-reactive ketones (excluding diaryl/α,β-unsaturated/α-hetero) is 1. The lowest BCUT2D eigenvalue weighted by atomic mass is 9.97. The predicted molar refractivity (Wildman–Crippen MR) is 162 cm³/mol. The third-order valence-corrected chi connectivity index (χ3v) is 7.94. The molecule has 2 aromatic carbocycles. The van der Waals surface area contributed by atoms with E-state index in [1.165, 1.54) is 16.4 Å². The van der Waals surface area contributed by atoms with Gasteiger partial charge in [0.15, 0.2) is 5.78 Å². The maximum absolute atomic E-state index is 14.4. The van der Waals surface area contributed by atoms with E-state index in [-0.39, 0.29) is 37.2 Å². The average molecular weight is 609 g/mol. The standard InChI is InChI=1S/C30H33ClN6O4S/c1-30(2,3)41-23-16-19(22(38)10-12-32)6-9-21(23)28-35-26(24-11-13-34-42-24)27(18-4-7-20(31)8-5-18)37(28)29(40)36-15-14-33-25(39)17-36/h4-9,11,13,16,26-27H,10,12,14-15,17,32H2,1-3H3,(H,33,39). The lowest BCUT2D eigenvalue weighted by Gasteiger charge is -2.36. The van der Waals surface area contributed by atoms with E-state index < -0.39 is 17.7 Å². The summed E-state index contributed by atoms with van der Waals surface area (Å²) < 4.78 is 10.7. The summed E-state index contributed by atoms with van der Waals surface area (Å²) in [5.74, 6) is 0.457. The van der Waals surface area contributed by atoms with Crippen molar-refractivity contribution in [3.63, 3.8) is 0 Å². The van der Waals surface area contributed by atoms with Crippen LogP contribution < -0.4 is 15.8 Å². The Bertz CT molecular complexity index is 1500. The second kappa shape index (κ2) is 12.2. The summed E-state index contributed by atoms with van der Waals surface area (Å²) in [5.41, 5.74) is 6.86. The number of nitrogens with zero attached hydrogens (tertiary/aromatic N) is 4. The van der Waals surface area contributed by atoms with Crippen molar-refractivity contribution < 1.29 is 19.1 Å². The number of carbonyl (C=O) groups is 3. The summed E-state index contributed by atoms with van der Waals surface area (Å²) in [6.07, 6.45) is 1.91. The van der Waals surface area contributed by atoms with Crippen molar-refractivity contribution in [1.82, 2.24) is 19.5 Å². The van der Waals surface area contributed by atoms with Crippen LogP contribution in [0.1, 0.15) is 65.6 Å². The number of aromatic nitrogens is 1. The van der Waals surface area contributed by atoms with Gasteiger partial charge in [0, 0.05) is 36.3 Å². The maximum atomic E-state index is 14.4. The third kappa shape index (κ3) is 6.33. The van der Waals surface area contributed by atoms with E-state index in [1.807, 2.05) is 39.0 Å². The number of nitrogens with two attached hydrogens (primary N) is 1. The van der Waals surface area contributed by atoms with E-state index in [4.69, 9.17) is 27.1 Å². The van der Waals surface area contributed by atoms with Gasteiger partial charge in [-0.2, -0.15) is 0 Å². The Kier molecular flexibility index (Phi) is 8.63. The molecule has 1 fully saturated rings. The van der Waals surface area contributed by atoms with Crippen LogP contribution >= 0.6 is 23.1 Å². The first kappa shape index (κ1) is 29.7. The molecule has 5 rings (SSSR count). The molecule has 0 radical (unpaired) electrons. The largest absolute Gasteiger partial charge is 0.487 e.